The van der Waals surface area contributed by atoms with Gasteiger partial charge in [-0.1, -0.05) is 48.9 Å². The number of hydrogen-bond donors (Lipinski definition) is 1. The third kappa shape index (κ3) is 4.62. The van der Waals surface area contributed by atoms with Crippen LogP contribution >= 0.6 is 11.6 Å². The van der Waals surface area contributed by atoms with Crippen molar-refractivity contribution in [1.82, 2.24) is 19.7 Å². The molecule has 156 valence electrons. The van der Waals surface area contributed by atoms with E-state index in [1.807, 2.05) is 30.3 Å². The van der Waals surface area contributed by atoms with E-state index >= 15 is 0 Å². The zero-order valence-corrected chi connectivity index (χ0v) is 17.7. The lowest BCUT2D eigenvalue weighted by atomic mass is 10.0. The second-order valence-electron chi connectivity index (χ2n) is 7.45. The highest BCUT2D eigenvalue weighted by Crippen LogP contribution is 2.23. The van der Waals surface area contributed by atoms with Crippen LogP contribution in [0.3, 0.4) is 0 Å². The fourth-order valence-electron chi connectivity index (χ4n) is 3.66. The second-order valence-corrected chi connectivity index (χ2v) is 7.83. The maximum absolute atomic E-state index is 12.6. The minimum Gasteiger partial charge on any atom is -0.380 e. The third-order valence-corrected chi connectivity index (χ3v) is 5.78. The first-order valence-corrected chi connectivity index (χ1v) is 10.6. The molecule has 1 aliphatic heterocycles. The predicted octanol–water partition coefficient (Wildman–Crippen LogP) is 3.38. The van der Waals surface area contributed by atoms with Crippen molar-refractivity contribution in [2.75, 3.05) is 23.3 Å². The van der Waals surface area contributed by atoms with Gasteiger partial charge in [0, 0.05) is 30.9 Å². The fraction of sp³-hybridized carbons (Fsp3) is 0.364. The van der Waals surface area contributed by atoms with E-state index in [4.69, 9.17) is 11.6 Å². The van der Waals surface area contributed by atoms with E-state index in [2.05, 4.69) is 38.3 Å². The summed E-state index contributed by atoms with van der Waals surface area (Å²) in [6.07, 6.45) is 6.03. The highest BCUT2D eigenvalue weighted by molar-refractivity contribution is 6.32. The number of aryl methyl sites for hydroxylation is 1. The van der Waals surface area contributed by atoms with Crippen molar-refractivity contribution >= 4 is 23.1 Å². The maximum Gasteiger partial charge on any atom is 0.287 e. The molecule has 8 heteroatoms. The molecule has 2 aromatic heterocycles. The van der Waals surface area contributed by atoms with E-state index in [-0.39, 0.29) is 16.6 Å². The zero-order valence-electron chi connectivity index (χ0n) is 17.0. The third-order valence-electron chi connectivity index (χ3n) is 5.41. The Labute approximate surface area is 180 Å². The van der Waals surface area contributed by atoms with Gasteiger partial charge in [-0.25, -0.2) is 14.6 Å². The van der Waals surface area contributed by atoms with Crippen LogP contribution in [0.1, 0.15) is 31.0 Å². The number of halogens is 1. The largest absolute Gasteiger partial charge is 0.380 e. The van der Waals surface area contributed by atoms with Gasteiger partial charge in [-0.2, -0.15) is 5.10 Å². The molecule has 4 rings (SSSR count). The minimum absolute atomic E-state index is 0.187. The molecule has 0 unspecified atom stereocenters. The van der Waals surface area contributed by atoms with Crippen LogP contribution in [0.5, 0.6) is 0 Å². The molecule has 1 fully saturated rings. The number of hydrogen-bond acceptors (Lipinski definition) is 6. The number of nitrogens with one attached hydrogen (secondary N) is 1. The van der Waals surface area contributed by atoms with Crippen molar-refractivity contribution in [3.05, 3.63) is 75.6 Å². The average Bonchev–Trinajstić information content (AvgIpc) is 2.80. The lowest BCUT2D eigenvalue weighted by Gasteiger charge is -2.33. The topological polar surface area (TPSA) is 75.9 Å². The van der Waals surface area contributed by atoms with E-state index in [1.54, 1.807) is 12.5 Å². The van der Waals surface area contributed by atoms with Gasteiger partial charge in [0.1, 0.15) is 17.2 Å². The normalized spacial score (nSPS) is 14.7. The Morgan fingerprint density at radius 2 is 1.93 bits per heavy atom. The van der Waals surface area contributed by atoms with Crippen LogP contribution in [0.15, 0.2) is 53.7 Å². The number of nitrogens with zero attached hydrogens (tertiary/aromatic N) is 5. The molecule has 0 atom stereocenters. The molecule has 0 spiro atoms. The molecule has 0 saturated carbocycles. The number of aromatic nitrogens is 4. The van der Waals surface area contributed by atoms with E-state index in [0.717, 1.165) is 49.4 Å². The lowest BCUT2D eigenvalue weighted by Crippen LogP contribution is -2.40. The van der Waals surface area contributed by atoms with Crippen molar-refractivity contribution in [2.24, 2.45) is 0 Å². The van der Waals surface area contributed by atoms with Crippen molar-refractivity contribution in [3.8, 4) is 0 Å². The minimum atomic E-state index is -0.281. The first kappa shape index (κ1) is 20.3. The van der Waals surface area contributed by atoms with Crippen LogP contribution in [0, 0.1) is 0 Å². The number of rotatable bonds is 6. The van der Waals surface area contributed by atoms with Crippen LogP contribution in [0.25, 0.3) is 0 Å². The first-order chi connectivity index (χ1) is 14.6. The van der Waals surface area contributed by atoms with Gasteiger partial charge < -0.3 is 10.2 Å². The second kappa shape index (κ2) is 9.26. The molecule has 7 nitrogen and oxygen atoms in total. The summed E-state index contributed by atoms with van der Waals surface area (Å²) in [5, 5.41) is 7.91. The van der Waals surface area contributed by atoms with Crippen molar-refractivity contribution in [2.45, 2.75) is 38.8 Å². The summed E-state index contributed by atoms with van der Waals surface area (Å²) in [5.41, 5.74) is 2.37. The molecule has 0 amide bonds. The summed E-state index contributed by atoms with van der Waals surface area (Å²) in [7, 11) is 0. The molecular formula is C22H25ClN6O. The van der Waals surface area contributed by atoms with E-state index < -0.39 is 0 Å². The SMILES string of the molecule is CCc1cc(N2CCC(Nc3cnn(Cc4ccccc4)c(=O)c3Cl)CC2)ncn1. The van der Waals surface area contributed by atoms with Gasteiger partial charge in [0.2, 0.25) is 0 Å². The molecule has 30 heavy (non-hydrogen) atoms. The van der Waals surface area contributed by atoms with Gasteiger partial charge in [0.15, 0.2) is 0 Å². The van der Waals surface area contributed by atoms with Gasteiger partial charge in [-0.05, 0) is 24.8 Å². The lowest BCUT2D eigenvalue weighted by molar-refractivity contribution is 0.522. The van der Waals surface area contributed by atoms with Gasteiger partial charge in [0.25, 0.3) is 5.56 Å². The molecule has 1 N–H and O–H groups in total. The van der Waals surface area contributed by atoms with Crippen LogP contribution in [0.2, 0.25) is 5.02 Å². The summed E-state index contributed by atoms with van der Waals surface area (Å²) in [5.74, 6) is 0.975. The van der Waals surface area contributed by atoms with E-state index in [0.29, 0.717) is 12.2 Å². The Bertz CT molecular complexity index is 1050. The quantitative estimate of drug-likeness (QED) is 0.653. The number of piperidine rings is 1. The molecular weight excluding hydrogens is 400 g/mol. The highest BCUT2D eigenvalue weighted by atomic mass is 35.5. The first-order valence-electron chi connectivity index (χ1n) is 10.3. The van der Waals surface area contributed by atoms with Crippen LogP contribution in [-0.4, -0.2) is 38.9 Å². The molecule has 1 saturated heterocycles. The molecule has 3 aromatic rings. The van der Waals surface area contributed by atoms with Crippen molar-refractivity contribution in [1.29, 1.82) is 0 Å². The van der Waals surface area contributed by atoms with Crippen molar-refractivity contribution < 1.29 is 0 Å². The molecule has 1 aromatic carbocycles. The molecule has 0 aliphatic carbocycles. The summed E-state index contributed by atoms with van der Waals surface area (Å²) in [4.78, 5) is 23.6. The summed E-state index contributed by atoms with van der Waals surface area (Å²) < 4.78 is 1.39. The molecule has 3 heterocycles. The Morgan fingerprint density at radius 1 is 1.17 bits per heavy atom. The Balaban J connectivity index is 1.39. The Kier molecular flexibility index (Phi) is 6.28. The van der Waals surface area contributed by atoms with Crippen LogP contribution in [0.4, 0.5) is 11.5 Å². The van der Waals surface area contributed by atoms with Gasteiger partial charge in [-0.3, -0.25) is 4.79 Å². The van der Waals surface area contributed by atoms with Crippen molar-refractivity contribution in [3.63, 3.8) is 0 Å². The smallest absolute Gasteiger partial charge is 0.287 e. The summed E-state index contributed by atoms with van der Waals surface area (Å²) >= 11 is 6.38. The monoisotopic (exact) mass is 424 g/mol. The fourth-order valence-corrected chi connectivity index (χ4v) is 3.86. The van der Waals surface area contributed by atoms with E-state index in [1.165, 1.54) is 4.68 Å². The number of anilines is 2. The molecule has 0 radical (unpaired) electrons. The molecule has 1 aliphatic rings. The van der Waals surface area contributed by atoms with Gasteiger partial charge in [-0.15, -0.1) is 0 Å². The average molecular weight is 425 g/mol. The van der Waals surface area contributed by atoms with Crippen LogP contribution in [-0.2, 0) is 13.0 Å². The van der Waals surface area contributed by atoms with Gasteiger partial charge in [0.05, 0.1) is 18.4 Å². The standard InChI is InChI=1S/C22H25ClN6O/c1-2-17-12-20(25-15-24-17)28-10-8-18(9-11-28)27-19-13-26-29(22(30)21(19)23)14-16-6-4-3-5-7-16/h3-7,12-13,15,18,27H,2,8-11,14H2,1H3. The number of benzene rings is 1. The highest BCUT2D eigenvalue weighted by Gasteiger charge is 2.22. The Hall–Kier alpha value is -2.93. The Morgan fingerprint density at radius 3 is 2.67 bits per heavy atom. The predicted molar refractivity (Wildman–Crippen MR) is 119 cm³/mol. The maximum atomic E-state index is 12.6. The molecule has 0 bridgehead atoms. The van der Waals surface area contributed by atoms with Gasteiger partial charge >= 0.3 is 0 Å². The summed E-state index contributed by atoms with van der Waals surface area (Å²) in [6.45, 7) is 4.26. The summed E-state index contributed by atoms with van der Waals surface area (Å²) in [6, 6.07) is 12.0. The van der Waals surface area contributed by atoms with E-state index in [9.17, 15) is 4.79 Å². The van der Waals surface area contributed by atoms with Crippen LogP contribution < -0.4 is 15.8 Å². The zero-order chi connectivity index (χ0) is 20.9.